The second kappa shape index (κ2) is 8.68. The summed E-state index contributed by atoms with van der Waals surface area (Å²) in [5, 5.41) is 0. The van der Waals surface area contributed by atoms with Crippen molar-refractivity contribution in [3.63, 3.8) is 0 Å². The van der Waals surface area contributed by atoms with Crippen LogP contribution in [0.4, 0.5) is 0 Å². The van der Waals surface area contributed by atoms with Crippen LogP contribution >= 0.6 is 0 Å². The highest BCUT2D eigenvalue weighted by Crippen LogP contribution is 2.25. The summed E-state index contributed by atoms with van der Waals surface area (Å²) in [7, 11) is 0. The summed E-state index contributed by atoms with van der Waals surface area (Å²) in [6.07, 6.45) is 2.67. The highest BCUT2D eigenvalue weighted by Gasteiger charge is 2.38. The van der Waals surface area contributed by atoms with E-state index in [1.54, 1.807) is 0 Å². The maximum atomic E-state index is 12.6. The first-order chi connectivity index (χ1) is 13.3. The van der Waals surface area contributed by atoms with Gasteiger partial charge in [-0.2, -0.15) is 0 Å². The number of likely N-dealkylation sites (tertiary alicyclic amines) is 1. The van der Waals surface area contributed by atoms with E-state index in [9.17, 15) is 4.79 Å². The van der Waals surface area contributed by atoms with E-state index in [1.165, 1.54) is 5.56 Å². The average Bonchev–Trinajstić information content (AvgIpc) is 2.68. The Morgan fingerprint density at radius 1 is 0.889 bits per heavy atom. The van der Waals surface area contributed by atoms with E-state index in [4.69, 9.17) is 4.74 Å². The normalized spacial score (nSPS) is 18.5. The zero-order valence-corrected chi connectivity index (χ0v) is 15.8. The van der Waals surface area contributed by atoms with Crippen molar-refractivity contribution in [2.24, 2.45) is 0 Å². The highest BCUT2D eigenvalue weighted by molar-refractivity contribution is 5.79. The lowest BCUT2D eigenvalue weighted by molar-refractivity contribution is -0.139. The molecule has 0 unspecified atom stereocenters. The van der Waals surface area contributed by atoms with Crippen LogP contribution in [0, 0.1) is 0 Å². The van der Waals surface area contributed by atoms with Crippen LogP contribution in [0.25, 0.3) is 0 Å². The molecule has 142 valence electrons. The smallest absolute Gasteiger partial charge is 0.227 e. The van der Waals surface area contributed by atoms with E-state index in [1.807, 2.05) is 35.2 Å². The van der Waals surface area contributed by atoms with Crippen molar-refractivity contribution in [1.82, 2.24) is 9.80 Å². The molecule has 0 bridgehead atoms. The standard InChI is InChI=1S/C23H28N2O2/c26-23(15-19-7-3-1-4-8-19)24-17-22(18-24)25(21-11-13-27-14-12-21)16-20-9-5-2-6-10-20/h1-10,21-22H,11-18H2. The van der Waals surface area contributed by atoms with Gasteiger partial charge in [-0.3, -0.25) is 9.69 Å². The van der Waals surface area contributed by atoms with Gasteiger partial charge in [0.25, 0.3) is 0 Å². The molecular weight excluding hydrogens is 336 g/mol. The van der Waals surface area contributed by atoms with Crippen LogP contribution in [0.3, 0.4) is 0 Å². The Labute approximate surface area is 161 Å². The molecule has 0 atom stereocenters. The molecule has 2 saturated heterocycles. The topological polar surface area (TPSA) is 32.8 Å². The SMILES string of the molecule is O=C(Cc1ccccc1)N1CC(N(Cc2ccccc2)C2CCOCC2)C1. The fraction of sp³-hybridized carbons (Fsp3) is 0.435. The summed E-state index contributed by atoms with van der Waals surface area (Å²) in [5.74, 6) is 0.240. The zero-order valence-electron chi connectivity index (χ0n) is 15.8. The molecule has 2 heterocycles. The van der Waals surface area contributed by atoms with Gasteiger partial charge in [0, 0.05) is 44.9 Å². The molecule has 1 amide bonds. The summed E-state index contributed by atoms with van der Waals surface area (Å²) in [6.45, 7) is 4.33. The molecule has 4 nitrogen and oxygen atoms in total. The number of amides is 1. The van der Waals surface area contributed by atoms with Gasteiger partial charge < -0.3 is 9.64 Å². The molecule has 0 radical (unpaired) electrons. The molecule has 2 aromatic rings. The van der Waals surface area contributed by atoms with Crippen LogP contribution < -0.4 is 0 Å². The third-order valence-corrected chi connectivity index (χ3v) is 5.75. The maximum absolute atomic E-state index is 12.6. The summed E-state index contributed by atoms with van der Waals surface area (Å²) in [4.78, 5) is 17.2. The summed E-state index contributed by atoms with van der Waals surface area (Å²) < 4.78 is 5.57. The largest absolute Gasteiger partial charge is 0.381 e. The first-order valence-electron chi connectivity index (χ1n) is 9.99. The Hall–Kier alpha value is -2.17. The molecule has 0 aliphatic carbocycles. The lowest BCUT2D eigenvalue weighted by Crippen LogP contribution is -2.63. The monoisotopic (exact) mass is 364 g/mol. The molecule has 2 fully saturated rings. The van der Waals surface area contributed by atoms with Crippen molar-refractivity contribution in [3.05, 3.63) is 71.8 Å². The quantitative estimate of drug-likeness (QED) is 0.790. The third-order valence-electron chi connectivity index (χ3n) is 5.75. The molecule has 0 aromatic heterocycles. The number of ether oxygens (including phenoxy) is 1. The van der Waals surface area contributed by atoms with E-state index in [0.717, 1.165) is 51.3 Å². The first kappa shape index (κ1) is 18.2. The van der Waals surface area contributed by atoms with Gasteiger partial charge in [0.2, 0.25) is 5.91 Å². The molecular formula is C23H28N2O2. The minimum atomic E-state index is 0.240. The van der Waals surface area contributed by atoms with Gasteiger partial charge in [-0.05, 0) is 24.0 Å². The van der Waals surface area contributed by atoms with E-state index in [0.29, 0.717) is 18.5 Å². The van der Waals surface area contributed by atoms with Crippen LogP contribution in [0.1, 0.15) is 24.0 Å². The molecule has 2 aliphatic rings. The Morgan fingerprint density at radius 3 is 2.11 bits per heavy atom. The molecule has 2 aromatic carbocycles. The van der Waals surface area contributed by atoms with Crippen LogP contribution in [-0.2, 0) is 22.5 Å². The third kappa shape index (κ3) is 4.57. The van der Waals surface area contributed by atoms with Gasteiger partial charge in [-0.15, -0.1) is 0 Å². The molecule has 27 heavy (non-hydrogen) atoms. The lowest BCUT2D eigenvalue weighted by atomic mass is 9.98. The van der Waals surface area contributed by atoms with E-state index < -0.39 is 0 Å². The van der Waals surface area contributed by atoms with Crippen molar-refractivity contribution in [2.75, 3.05) is 26.3 Å². The van der Waals surface area contributed by atoms with E-state index >= 15 is 0 Å². The molecule has 0 N–H and O–H groups in total. The fourth-order valence-electron chi connectivity index (χ4n) is 4.12. The van der Waals surface area contributed by atoms with Gasteiger partial charge in [-0.1, -0.05) is 60.7 Å². The van der Waals surface area contributed by atoms with Crippen molar-refractivity contribution in [1.29, 1.82) is 0 Å². The number of carbonyl (C=O) groups excluding carboxylic acids is 1. The van der Waals surface area contributed by atoms with Gasteiger partial charge in [0.1, 0.15) is 0 Å². The number of carbonyl (C=O) groups is 1. The van der Waals surface area contributed by atoms with Crippen LogP contribution in [0.15, 0.2) is 60.7 Å². The minimum Gasteiger partial charge on any atom is -0.381 e. The van der Waals surface area contributed by atoms with Crippen molar-refractivity contribution in [2.45, 2.75) is 37.9 Å². The van der Waals surface area contributed by atoms with Gasteiger partial charge in [0.05, 0.1) is 6.42 Å². The summed E-state index contributed by atoms with van der Waals surface area (Å²) >= 11 is 0. The summed E-state index contributed by atoms with van der Waals surface area (Å²) in [5.41, 5.74) is 2.44. The Morgan fingerprint density at radius 2 is 1.48 bits per heavy atom. The van der Waals surface area contributed by atoms with Gasteiger partial charge >= 0.3 is 0 Å². The number of hydrogen-bond donors (Lipinski definition) is 0. The van der Waals surface area contributed by atoms with Gasteiger partial charge in [-0.25, -0.2) is 0 Å². The maximum Gasteiger partial charge on any atom is 0.227 e. The summed E-state index contributed by atoms with van der Waals surface area (Å²) in [6, 6.07) is 21.7. The molecule has 4 rings (SSSR count). The number of nitrogens with zero attached hydrogens (tertiary/aromatic N) is 2. The Kier molecular flexibility index (Phi) is 5.85. The molecule has 2 aliphatic heterocycles. The van der Waals surface area contributed by atoms with E-state index in [-0.39, 0.29) is 5.91 Å². The predicted octanol–water partition coefficient (Wildman–Crippen LogP) is 3.12. The Bertz CT molecular complexity index is 723. The fourth-order valence-corrected chi connectivity index (χ4v) is 4.12. The Balaban J connectivity index is 1.37. The van der Waals surface area contributed by atoms with Crippen molar-refractivity contribution in [3.8, 4) is 0 Å². The molecule has 4 heteroatoms. The predicted molar refractivity (Wildman–Crippen MR) is 106 cm³/mol. The van der Waals surface area contributed by atoms with Crippen molar-refractivity contribution >= 4 is 5.91 Å². The van der Waals surface area contributed by atoms with Crippen LogP contribution in [0.2, 0.25) is 0 Å². The lowest BCUT2D eigenvalue weighted by Gasteiger charge is -2.49. The van der Waals surface area contributed by atoms with Gasteiger partial charge in [0.15, 0.2) is 0 Å². The second-order valence-electron chi connectivity index (χ2n) is 7.62. The number of hydrogen-bond acceptors (Lipinski definition) is 3. The number of benzene rings is 2. The first-order valence-corrected chi connectivity index (χ1v) is 9.99. The number of rotatable bonds is 6. The van der Waals surface area contributed by atoms with Crippen LogP contribution in [-0.4, -0.2) is 54.1 Å². The molecule has 0 saturated carbocycles. The van der Waals surface area contributed by atoms with E-state index in [2.05, 4.69) is 35.2 Å². The average molecular weight is 364 g/mol. The zero-order chi connectivity index (χ0) is 18.5. The second-order valence-corrected chi connectivity index (χ2v) is 7.62. The van der Waals surface area contributed by atoms with Crippen LogP contribution in [0.5, 0.6) is 0 Å². The van der Waals surface area contributed by atoms with Crippen molar-refractivity contribution < 1.29 is 9.53 Å². The minimum absolute atomic E-state index is 0.240. The molecule has 0 spiro atoms. The highest BCUT2D eigenvalue weighted by atomic mass is 16.5.